The topological polar surface area (TPSA) is 136 Å². The first kappa shape index (κ1) is 21.7. The monoisotopic (exact) mass is 374 g/mol. The van der Waals surface area contributed by atoms with Crippen LogP contribution in [-0.2, 0) is 33.4 Å². The van der Waals surface area contributed by atoms with E-state index in [0.717, 1.165) is 0 Å². The van der Waals surface area contributed by atoms with E-state index < -0.39 is 47.8 Å². The lowest BCUT2D eigenvalue weighted by Crippen LogP contribution is -2.27. The normalized spacial score (nSPS) is 13.0. The third kappa shape index (κ3) is 11.9. The van der Waals surface area contributed by atoms with E-state index in [0.29, 0.717) is 0 Å². The quantitative estimate of drug-likeness (QED) is 0.253. The summed E-state index contributed by atoms with van der Waals surface area (Å²) in [6.07, 6.45) is -3.21. The molecular weight excluding hydrogens is 359 g/mol. The van der Waals surface area contributed by atoms with E-state index in [1.165, 1.54) is 0 Å². The summed E-state index contributed by atoms with van der Waals surface area (Å²) in [7, 11) is 0. The van der Waals surface area contributed by atoms with Gasteiger partial charge in [0.05, 0.1) is 0 Å². The molecule has 0 aliphatic rings. The van der Waals surface area contributed by atoms with Crippen LogP contribution in [0.3, 0.4) is 0 Å². The molecule has 0 rings (SSSR count). The van der Waals surface area contributed by atoms with Gasteiger partial charge in [-0.25, -0.2) is 9.59 Å². The van der Waals surface area contributed by atoms with Crippen LogP contribution >= 0.6 is 23.2 Å². The molecule has 23 heavy (non-hydrogen) atoms. The highest BCUT2D eigenvalue weighted by atomic mass is 35.5. The van der Waals surface area contributed by atoms with Gasteiger partial charge in [0.25, 0.3) is 10.5 Å². The Morgan fingerprint density at radius 3 is 1.43 bits per heavy atom. The Balaban J connectivity index is 3.74. The number of hydrogen-bond acceptors (Lipinski definition) is 9. The molecule has 0 aromatic carbocycles. The molecule has 0 fully saturated rings. The molecular formula is C12H16Cl2O9. The van der Waals surface area contributed by atoms with Crippen molar-refractivity contribution in [1.82, 2.24) is 0 Å². The van der Waals surface area contributed by atoms with Crippen LogP contribution in [0.5, 0.6) is 0 Å². The largest absolute Gasteiger partial charge is 0.454 e. The lowest BCUT2D eigenvalue weighted by Gasteiger charge is -2.11. The molecule has 11 heteroatoms. The predicted octanol–water partition coefficient (Wildman–Crippen LogP) is -0.878. The van der Waals surface area contributed by atoms with Gasteiger partial charge in [-0.15, -0.1) is 0 Å². The van der Waals surface area contributed by atoms with Gasteiger partial charge in [0.2, 0.25) is 0 Å². The molecule has 0 amide bonds. The van der Waals surface area contributed by atoms with Crippen molar-refractivity contribution in [2.24, 2.45) is 0 Å². The zero-order chi connectivity index (χ0) is 17.8. The third-order valence-corrected chi connectivity index (χ3v) is 2.49. The van der Waals surface area contributed by atoms with Crippen molar-refractivity contribution < 1.29 is 43.6 Å². The van der Waals surface area contributed by atoms with Crippen LogP contribution in [-0.4, -0.2) is 71.3 Å². The van der Waals surface area contributed by atoms with Gasteiger partial charge in [-0.2, -0.15) is 0 Å². The van der Waals surface area contributed by atoms with Gasteiger partial charge in [-0.3, -0.25) is 9.59 Å². The van der Waals surface area contributed by atoms with E-state index in [2.05, 4.69) is 9.47 Å². The van der Waals surface area contributed by atoms with E-state index in [1.807, 2.05) is 0 Å². The summed E-state index contributed by atoms with van der Waals surface area (Å²) >= 11 is 9.91. The Morgan fingerprint density at radius 1 is 0.783 bits per heavy atom. The number of ether oxygens (including phenoxy) is 3. The van der Waals surface area contributed by atoms with E-state index in [1.54, 1.807) is 0 Å². The second kappa shape index (κ2) is 12.2. The Hall–Kier alpha value is -1.26. The molecule has 0 heterocycles. The van der Waals surface area contributed by atoms with Crippen LogP contribution in [0.4, 0.5) is 0 Å². The Bertz CT molecular complexity index is 389. The SMILES string of the molecule is O=C(Cl)COC(=O)C(O)CCOCCC(O)C(=O)OCC(=O)Cl. The second-order valence-corrected chi connectivity index (χ2v) is 4.99. The molecule has 9 nitrogen and oxygen atoms in total. The molecule has 2 N–H and O–H groups in total. The summed E-state index contributed by atoms with van der Waals surface area (Å²) in [6, 6.07) is 0. The molecule has 0 bridgehead atoms. The fourth-order valence-corrected chi connectivity index (χ4v) is 1.28. The minimum atomic E-state index is -1.49. The lowest BCUT2D eigenvalue weighted by atomic mass is 10.2. The number of halogens is 2. The number of hydrogen-bond donors (Lipinski definition) is 2. The number of esters is 2. The Morgan fingerprint density at radius 2 is 1.13 bits per heavy atom. The van der Waals surface area contributed by atoms with E-state index in [4.69, 9.17) is 27.9 Å². The molecule has 132 valence electrons. The molecule has 0 saturated heterocycles. The first-order valence-electron chi connectivity index (χ1n) is 6.37. The van der Waals surface area contributed by atoms with Crippen molar-refractivity contribution in [2.75, 3.05) is 26.4 Å². The number of aliphatic hydroxyl groups excluding tert-OH is 2. The standard InChI is InChI=1S/C12H16Cl2O9/c13-9(17)5-22-11(19)7(15)1-3-21-4-2-8(16)12(20)23-6-10(14)18/h7-8,15-16H,1-6H2. The highest BCUT2D eigenvalue weighted by Gasteiger charge is 2.19. The average molecular weight is 375 g/mol. The Kier molecular flexibility index (Phi) is 11.5. The minimum absolute atomic E-state index is 0.0625. The maximum atomic E-state index is 11.2. The third-order valence-electron chi connectivity index (χ3n) is 2.27. The summed E-state index contributed by atoms with van der Waals surface area (Å²) < 4.78 is 13.8. The molecule has 2 atom stereocenters. The lowest BCUT2D eigenvalue weighted by molar-refractivity contribution is -0.156. The molecule has 0 saturated carbocycles. The average Bonchev–Trinajstić information content (AvgIpc) is 2.49. The van der Waals surface area contributed by atoms with Crippen molar-refractivity contribution in [2.45, 2.75) is 25.0 Å². The van der Waals surface area contributed by atoms with Crippen LogP contribution in [0.15, 0.2) is 0 Å². The van der Waals surface area contributed by atoms with E-state index in [-0.39, 0.29) is 26.1 Å². The van der Waals surface area contributed by atoms with Crippen molar-refractivity contribution in [3.63, 3.8) is 0 Å². The zero-order valence-corrected chi connectivity index (χ0v) is 13.4. The number of carbonyl (C=O) groups is 4. The fraction of sp³-hybridized carbons (Fsp3) is 0.667. The van der Waals surface area contributed by atoms with Crippen molar-refractivity contribution in [3.8, 4) is 0 Å². The summed E-state index contributed by atoms with van der Waals surface area (Å²) in [5.74, 6) is -2.03. The first-order chi connectivity index (χ1) is 10.7. The maximum absolute atomic E-state index is 11.2. The van der Waals surface area contributed by atoms with Gasteiger partial charge in [-0.1, -0.05) is 0 Å². The van der Waals surface area contributed by atoms with Crippen molar-refractivity contribution in [1.29, 1.82) is 0 Å². The van der Waals surface area contributed by atoms with Crippen molar-refractivity contribution in [3.05, 3.63) is 0 Å². The van der Waals surface area contributed by atoms with Crippen LogP contribution in [0.25, 0.3) is 0 Å². The van der Waals surface area contributed by atoms with Gasteiger partial charge in [0.1, 0.15) is 0 Å². The Labute approximate surface area is 141 Å². The zero-order valence-electron chi connectivity index (χ0n) is 11.9. The second-order valence-electron chi connectivity index (χ2n) is 4.15. The number of aliphatic hydroxyl groups is 2. The summed E-state index contributed by atoms with van der Waals surface area (Å²) in [5.41, 5.74) is 0. The summed E-state index contributed by atoms with van der Waals surface area (Å²) in [6.45, 7) is -1.41. The van der Waals surface area contributed by atoms with Crippen LogP contribution in [0.2, 0.25) is 0 Å². The highest BCUT2D eigenvalue weighted by molar-refractivity contribution is 6.64. The van der Waals surface area contributed by atoms with E-state index in [9.17, 15) is 29.4 Å². The fourth-order valence-electron chi connectivity index (χ4n) is 1.18. The molecule has 0 aromatic heterocycles. The highest BCUT2D eigenvalue weighted by Crippen LogP contribution is 2.00. The van der Waals surface area contributed by atoms with Gasteiger partial charge in [0.15, 0.2) is 25.4 Å². The van der Waals surface area contributed by atoms with Gasteiger partial charge < -0.3 is 24.4 Å². The molecule has 2 unspecified atom stereocenters. The first-order valence-corrected chi connectivity index (χ1v) is 7.13. The molecule has 0 aliphatic heterocycles. The van der Waals surface area contributed by atoms with Crippen LogP contribution < -0.4 is 0 Å². The molecule has 0 aliphatic carbocycles. The van der Waals surface area contributed by atoms with Crippen molar-refractivity contribution >= 4 is 45.6 Å². The number of carbonyl (C=O) groups excluding carboxylic acids is 4. The molecule has 0 spiro atoms. The summed E-state index contributed by atoms with van der Waals surface area (Å²) in [5, 5.41) is 17.0. The van der Waals surface area contributed by atoms with E-state index >= 15 is 0 Å². The maximum Gasteiger partial charge on any atom is 0.335 e. The van der Waals surface area contributed by atoms with Crippen LogP contribution in [0.1, 0.15) is 12.8 Å². The van der Waals surface area contributed by atoms with Gasteiger partial charge in [0, 0.05) is 26.1 Å². The van der Waals surface area contributed by atoms with Gasteiger partial charge >= 0.3 is 11.9 Å². The minimum Gasteiger partial charge on any atom is -0.454 e. The smallest absolute Gasteiger partial charge is 0.335 e. The molecule has 0 aromatic rings. The molecule has 0 radical (unpaired) electrons. The summed E-state index contributed by atoms with van der Waals surface area (Å²) in [4.78, 5) is 43.0. The van der Waals surface area contributed by atoms with Gasteiger partial charge in [-0.05, 0) is 23.2 Å². The number of rotatable bonds is 12. The van der Waals surface area contributed by atoms with Crippen LogP contribution in [0, 0.1) is 0 Å². The predicted molar refractivity (Wildman–Crippen MR) is 75.7 cm³/mol.